The topological polar surface area (TPSA) is 35.5 Å². The summed E-state index contributed by atoms with van der Waals surface area (Å²) in [5.41, 5.74) is 2.64. The standard InChI is InChI=1S/C7H16N2O/c1-7(10)3-5-9(8-2)6-4-7/h8,10H,3-6H2,1-2H3. The van der Waals surface area contributed by atoms with Crippen LogP contribution in [-0.4, -0.2) is 35.9 Å². The highest BCUT2D eigenvalue weighted by atomic mass is 16.3. The van der Waals surface area contributed by atoms with Gasteiger partial charge in [-0.15, -0.1) is 0 Å². The third kappa shape index (κ3) is 1.94. The highest BCUT2D eigenvalue weighted by Gasteiger charge is 2.26. The van der Waals surface area contributed by atoms with Crippen LogP contribution in [0.3, 0.4) is 0 Å². The van der Waals surface area contributed by atoms with Crippen LogP contribution in [0.5, 0.6) is 0 Å². The molecule has 1 rings (SSSR count). The molecule has 1 heterocycles. The molecule has 3 heteroatoms. The summed E-state index contributed by atoms with van der Waals surface area (Å²) in [4.78, 5) is 0. The normalized spacial score (nSPS) is 26.7. The van der Waals surface area contributed by atoms with E-state index in [0.717, 1.165) is 25.9 Å². The van der Waals surface area contributed by atoms with Crippen molar-refractivity contribution in [3.63, 3.8) is 0 Å². The van der Waals surface area contributed by atoms with Gasteiger partial charge in [0.25, 0.3) is 0 Å². The molecule has 3 nitrogen and oxygen atoms in total. The smallest absolute Gasteiger partial charge is 0.0645 e. The Morgan fingerprint density at radius 2 is 1.90 bits per heavy atom. The van der Waals surface area contributed by atoms with Gasteiger partial charge < -0.3 is 5.11 Å². The maximum Gasteiger partial charge on any atom is 0.0645 e. The molecule has 60 valence electrons. The van der Waals surface area contributed by atoms with Crippen LogP contribution in [0.4, 0.5) is 0 Å². The van der Waals surface area contributed by atoms with Crippen LogP contribution in [0.15, 0.2) is 0 Å². The van der Waals surface area contributed by atoms with Crippen molar-refractivity contribution >= 4 is 0 Å². The van der Waals surface area contributed by atoms with Crippen molar-refractivity contribution in [3.05, 3.63) is 0 Å². The molecule has 0 amide bonds. The van der Waals surface area contributed by atoms with E-state index in [-0.39, 0.29) is 0 Å². The van der Waals surface area contributed by atoms with Crippen LogP contribution < -0.4 is 5.43 Å². The van der Waals surface area contributed by atoms with Crippen molar-refractivity contribution in [1.82, 2.24) is 10.4 Å². The Morgan fingerprint density at radius 3 is 2.30 bits per heavy atom. The van der Waals surface area contributed by atoms with Crippen molar-refractivity contribution in [2.45, 2.75) is 25.4 Å². The van der Waals surface area contributed by atoms with E-state index in [4.69, 9.17) is 0 Å². The Bertz CT molecular complexity index is 104. The molecule has 1 fully saturated rings. The molecule has 0 aromatic carbocycles. The minimum absolute atomic E-state index is 0.423. The summed E-state index contributed by atoms with van der Waals surface area (Å²) in [7, 11) is 1.92. The predicted molar refractivity (Wildman–Crippen MR) is 40.5 cm³/mol. The molecule has 0 spiro atoms. The minimum Gasteiger partial charge on any atom is -0.390 e. The molecule has 0 atom stereocenters. The zero-order chi connectivity index (χ0) is 7.61. The Hall–Kier alpha value is -0.120. The number of rotatable bonds is 1. The molecule has 0 saturated carbocycles. The van der Waals surface area contributed by atoms with E-state index >= 15 is 0 Å². The van der Waals surface area contributed by atoms with Gasteiger partial charge in [-0.25, -0.2) is 5.01 Å². The molecule has 0 aliphatic carbocycles. The monoisotopic (exact) mass is 144 g/mol. The summed E-state index contributed by atoms with van der Waals surface area (Å²) in [6, 6.07) is 0. The summed E-state index contributed by atoms with van der Waals surface area (Å²) in [5.74, 6) is 0. The summed E-state index contributed by atoms with van der Waals surface area (Å²) in [6.45, 7) is 3.80. The number of piperidine rings is 1. The van der Waals surface area contributed by atoms with E-state index in [0.29, 0.717) is 0 Å². The van der Waals surface area contributed by atoms with Crippen molar-refractivity contribution in [3.8, 4) is 0 Å². The molecule has 0 unspecified atom stereocenters. The van der Waals surface area contributed by atoms with Gasteiger partial charge in [0.1, 0.15) is 0 Å². The second-order valence-corrected chi connectivity index (χ2v) is 3.21. The van der Waals surface area contributed by atoms with E-state index in [1.165, 1.54) is 0 Å². The summed E-state index contributed by atoms with van der Waals surface area (Å²) in [5, 5.41) is 11.7. The SMILES string of the molecule is CNN1CCC(C)(O)CC1. The molecule has 0 radical (unpaired) electrons. The van der Waals surface area contributed by atoms with Gasteiger partial charge in [0.15, 0.2) is 0 Å². The van der Waals surface area contributed by atoms with Crippen molar-refractivity contribution in [2.24, 2.45) is 0 Å². The number of nitrogens with zero attached hydrogens (tertiary/aromatic N) is 1. The lowest BCUT2D eigenvalue weighted by Gasteiger charge is -2.34. The summed E-state index contributed by atoms with van der Waals surface area (Å²) >= 11 is 0. The molecule has 2 N–H and O–H groups in total. The van der Waals surface area contributed by atoms with E-state index in [1.807, 2.05) is 14.0 Å². The minimum atomic E-state index is -0.423. The third-order valence-electron chi connectivity index (χ3n) is 2.16. The molecule has 1 saturated heterocycles. The Labute approximate surface area is 62.0 Å². The fourth-order valence-electron chi connectivity index (χ4n) is 1.21. The molecule has 10 heavy (non-hydrogen) atoms. The van der Waals surface area contributed by atoms with Gasteiger partial charge in [-0.05, 0) is 26.8 Å². The van der Waals surface area contributed by atoms with Crippen LogP contribution >= 0.6 is 0 Å². The van der Waals surface area contributed by atoms with Gasteiger partial charge in [0.2, 0.25) is 0 Å². The highest BCUT2D eigenvalue weighted by Crippen LogP contribution is 2.19. The zero-order valence-corrected chi connectivity index (χ0v) is 6.72. The lowest BCUT2D eigenvalue weighted by atomic mass is 9.95. The highest BCUT2D eigenvalue weighted by molar-refractivity contribution is 4.79. The zero-order valence-electron chi connectivity index (χ0n) is 6.72. The summed E-state index contributed by atoms with van der Waals surface area (Å²) < 4.78 is 0. The predicted octanol–water partition coefficient (Wildman–Crippen LogP) is -0.0324. The van der Waals surface area contributed by atoms with Gasteiger partial charge in [-0.1, -0.05) is 0 Å². The first-order chi connectivity index (χ1) is 4.64. The van der Waals surface area contributed by atoms with E-state index in [2.05, 4.69) is 10.4 Å². The quantitative estimate of drug-likeness (QED) is 0.542. The number of hydrazine groups is 1. The molecule has 1 aliphatic heterocycles. The second-order valence-electron chi connectivity index (χ2n) is 3.21. The van der Waals surface area contributed by atoms with E-state index < -0.39 is 5.60 Å². The van der Waals surface area contributed by atoms with Crippen molar-refractivity contribution < 1.29 is 5.11 Å². The second kappa shape index (κ2) is 2.86. The molecule has 0 bridgehead atoms. The van der Waals surface area contributed by atoms with Crippen LogP contribution in [0.1, 0.15) is 19.8 Å². The van der Waals surface area contributed by atoms with Gasteiger partial charge in [-0.3, -0.25) is 5.43 Å². The lowest BCUT2D eigenvalue weighted by molar-refractivity contribution is -0.0166. The van der Waals surface area contributed by atoms with Crippen LogP contribution in [0.25, 0.3) is 0 Å². The number of aliphatic hydroxyl groups is 1. The van der Waals surface area contributed by atoms with Crippen LogP contribution in [-0.2, 0) is 0 Å². The van der Waals surface area contributed by atoms with Crippen LogP contribution in [0.2, 0.25) is 0 Å². The molecule has 1 aliphatic rings. The largest absolute Gasteiger partial charge is 0.390 e. The first kappa shape index (κ1) is 7.98. The van der Waals surface area contributed by atoms with Gasteiger partial charge in [-0.2, -0.15) is 0 Å². The number of hydrogen-bond donors (Lipinski definition) is 2. The Kier molecular flexibility index (Phi) is 2.28. The van der Waals surface area contributed by atoms with E-state index in [9.17, 15) is 5.11 Å². The third-order valence-corrected chi connectivity index (χ3v) is 2.16. The van der Waals surface area contributed by atoms with Gasteiger partial charge >= 0.3 is 0 Å². The number of nitrogens with one attached hydrogen (secondary N) is 1. The average molecular weight is 144 g/mol. The van der Waals surface area contributed by atoms with Crippen LogP contribution in [0, 0.1) is 0 Å². The molecule has 0 aromatic rings. The first-order valence-corrected chi connectivity index (χ1v) is 3.79. The first-order valence-electron chi connectivity index (χ1n) is 3.79. The van der Waals surface area contributed by atoms with Crippen molar-refractivity contribution in [1.29, 1.82) is 0 Å². The molecule has 0 aromatic heterocycles. The van der Waals surface area contributed by atoms with Gasteiger partial charge in [0.05, 0.1) is 5.60 Å². The lowest BCUT2D eigenvalue weighted by Crippen LogP contribution is -2.47. The molecular weight excluding hydrogens is 128 g/mol. The van der Waals surface area contributed by atoms with Gasteiger partial charge in [0, 0.05) is 13.1 Å². The number of hydrogen-bond acceptors (Lipinski definition) is 3. The summed E-state index contributed by atoms with van der Waals surface area (Å²) in [6.07, 6.45) is 1.74. The Morgan fingerprint density at radius 1 is 1.40 bits per heavy atom. The molecular formula is C7H16N2O. The fraction of sp³-hybridized carbons (Fsp3) is 1.00. The Balaban J connectivity index is 2.31. The fourth-order valence-corrected chi connectivity index (χ4v) is 1.21. The van der Waals surface area contributed by atoms with E-state index in [1.54, 1.807) is 0 Å². The average Bonchev–Trinajstić information content (AvgIpc) is 1.88. The van der Waals surface area contributed by atoms with Crippen molar-refractivity contribution in [2.75, 3.05) is 20.1 Å². The maximum atomic E-state index is 9.53. The maximum absolute atomic E-state index is 9.53.